The van der Waals surface area contributed by atoms with E-state index in [1.165, 1.54) is 0 Å². The first kappa shape index (κ1) is 18.1. The van der Waals surface area contributed by atoms with E-state index >= 15 is 0 Å². The van der Waals surface area contributed by atoms with Crippen molar-refractivity contribution in [1.29, 1.82) is 0 Å². The number of amides is 4. The van der Waals surface area contributed by atoms with Crippen LogP contribution in [0.2, 0.25) is 0 Å². The van der Waals surface area contributed by atoms with Crippen LogP contribution in [0.25, 0.3) is 0 Å². The summed E-state index contributed by atoms with van der Waals surface area (Å²) in [7, 11) is 0. The molecule has 0 saturated carbocycles. The summed E-state index contributed by atoms with van der Waals surface area (Å²) in [6.07, 6.45) is 0.398. The molecule has 1 atom stereocenters. The molecule has 1 heterocycles. The predicted octanol–water partition coefficient (Wildman–Crippen LogP) is 2.86. The zero-order chi connectivity index (χ0) is 18.7. The number of imide groups is 1. The highest BCUT2D eigenvalue weighted by atomic mass is 79.9. The van der Waals surface area contributed by atoms with E-state index in [0.29, 0.717) is 12.1 Å². The Kier molecular flexibility index (Phi) is 5.37. The number of carbonyl (C=O) groups is 3. The Morgan fingerprint density at radius 2 is 1.92 bits per heavy atom. The van der Waals surface area contributed by atoms with E-state index in [9.17, 15) is 14.4 Å². The van der Waals surface area contributed by atoms with Crippen molar-refractivity contribution >= 4 is 39.5 Å². The van der Waals surface area contributed by atoms with Crippen LogP contribution < -0.4 is 10.6 Å². The Hall–Kier alpha value is -2.67. The Morgan fingerprint density at radius 3 is 2.62 bits per heavy atom. The largest absolute Gasteiger partial charge is 0.325 e. The van der Waals surface area contributed by atoms with Crippen LogP contribution in [0.15, 0.2) is 53.0 Å². The van der Waals surface area contributed by atoms with Crippen molar-refractivity contribution in [2.75, 3.05) is 11.9 Å². The summed E-state index contributed by atoms with van der Waals surface area (Å²) in [4.78, 5) is 37.8. The fourth-order valence-electron chi connectivity index (χ4n) is 2.82. The Balaban J connectivity index is 1.63. The van der Waals surface area contributed by atoms with Crippen LogP contribution in [0.1, 0.15) is 11.1 Å². The van der Waals surface area contributed by atoms with Crippen LogP contribution >= 0.6 is 15.9 Å². The molecule has 2 aromatic carbocycles. The summed E-state index contributed by atoms with van der Waals surface area (Å²) < 4.78 is 0.908. The molecule has 0 radical (unpaired) electrons. The van der Waals surface area contributed by atoms with Crippen LogP contribution in [0, 0.1) is 6.92 Å². The molecular formula is C19H18BrN3O3. The molecule has 1 saturated heterocycles. The van der Waals surface area contributed by atoms with Gasteiger partial charge in [-0.25, -0.2) is 4.79 Å². The van der Waals surface area contributed by atoms with E-state index in [4.69, 9.17) is 0 Å². The highest BCUT2D eigenvalue weighted by Crippen LogP contribution is 2.20. The lowest BCUT2D eigenvalue weighted by Crippen LogP contribution is -2.38. The number of carbonyl (C=O) groups excluding carboxylic acids is 3. The van der Waals surface area contributed by atoms with Gasteiger partial charge in [-0.15, -0.1) is 0 Å². The molecule has 26 heavy (non-hydrogen) atoms. The van der Waals surface area contributed by atoms with E-state index in [1.807, 2.05) is 49.4 Å². The van der Waals surface area contributed by atoms with Crippen molar-refractivity contribution in [3.8, 4) is 0 Å². The summed E-state index contributed by atoms with van der Waals surface area (Å²) in [6.45, 7) is 1.55. The number of benzene rings is 2. The maximum Gasteiger partial charge on any atom is 0.325 e. The number of aryl methyl sites for hydroxylation is 1. The molecule has 2 N–H and O–H groups in total. The van der Waals surface area contributed by atoms with E-state index in [0.717, 1.165) is 20.5 Å². The van der Waals surface area contributed by atoms with Gasteiger partial charge < -0.3 is 10.6 Å². The summed E-state index contributed by atoms with van der Waals surface area (Å²) in [5.41, 5.74) is 2.47. The van der Waals surface area contributed by atoms with Gasteiger partial charge in [0.2, 0.25) is 5.91 Å². The second kappa shape index (κ2) is 7.70. The first-order valence-electron chi connectivity index (χ1n) is 8.16. The molecule has 7 heteroatoms. The van der Waals surface area contributed by atoms with Crippen molar-refractivity contribution in [1.82, 2.24) is 10.2 Å². The van der Waals surface area contributed by atoms with Gasteiger partial charge in [-0.1, -0.05) is 46.3 Å². The number of halogens is 1. The number of urea groups is 1. The average molecular weight is 416 g/mol. The maximum absolute atomic E-state index is 12.5. The maximum atomic E-state index is 12.5. The minimum absolute atomic E-state index is 0.314. The molecule has 1 fully saturated rings. The molecule has 0 bridgehead atoms. The number of nitrogens with zero attached hydrogens (tertiary/aromatic N) is 1. The lowest BCUT2D eigenvalue weighted by atomic mass is 10.1. The van der Waals surface area contributed by atoms with Crippen molar-refractivity contribution in [3.05, 3.63) is 64.1 Å². The molecule has 1 aliphatic rings. The third-order valence-corrected chi connectivity index (χ3v) is 4.65. The summed E-state index contributed by atoms with van der Waals surface area (Å²) in [5.74, 6) is -0.805. The molecule has 3 rings (SSSR count). The Morgan fingerprint density at radius 1 is 1.19 bits per heavy atom. The highest BCUT2D eigenvalue weighted by Gasteiger charge is 2.38. The number of hydrogen-bond donors (Lipinski definition) is 2. The van der Waals surface area contributed by atoms with Gasteiger partial charge in [0.1, 0.15) is 12.6 Å². The lowest BCUT2D eigenvalue weighted by molar-refractivity contribution is -0.130. The molecule has 1 aliphatic heterocycles. The molecule has 6 nitrogen and oxygen atoms in total. The summed E-state index contributed by atoms with van der Waals surface area (Å²) in [6, 6.07) is 13.7. The zero-order valence-corrected chi connectivity index (χ0v) is 15.7. The number of rotatable bonds is 5. The number of nitrogens with one attached hydrogen (secondary N) is 2. The van der Waals surface area contributed by atoms with E-state index < -0.39 is 18.0 Å². The van der Waals surface area contributed by atoms with Crippen LogP contribution in [0.3, 0.4) is 0 Å². The zero-order valence-electron chi connectivity index (χ0n) is 14.2. The summed E-state index contributed by atoms with van der Waals surface area (Å²) in [5, 5.41) is 5.38. The summed E-state index contributed by atoms with van der Waals surface area (Å²) >= 11 is 3.36. The average Bonchev–Trinajstić information content (AvgIpc) is 2.86. The first-order valence-corrected chi connectivity index (χ1v) is 8.95. The highest BCUT2D eigenvalue weighted by molar-refractivity contribution is 9.10. The van der Waals surface area contributed by atoms with Crippen LogP contribution in [0.5, 0.6) is 0 Å². The fourth-order valence-corrected chi connectivity index (χ4v) is 3.29. The predicted molar refractivity (Wildman–Crippen MR) is 102 cm³/mol. The van der Waals surface area contributed by atoms with Gasteiger partial charge in [0.15, 0.2) is 0 Å². The van der Waals surface area contributed by atoms with Gasteiger partial charge in [0.25, 0.3) is 5.91 Å². The second-order valence-electron chi connectivity index (χ2n) is 6.12. The topological polar surface area (TPSA) is 78.5 Å². The van der Waals surface area contributed by atoms with Gasteiger partial charge in [0.05, 0.1) is 0 Å². The third kappa shape index (κ3) is 4.11. The van der Waals surface area contributed by atoms with Gasteiger partial charge in [-0.05, 0) is 36.2 Å². The molecule has 0 aliphatic carbocycles. The molecule has 0 unspecified atom stereocenters. The van der Waals surface area contributed by atoms with Gasteiger partial charge in [-0.2, -0.15) is 0 Å². The van der Waals surface area contributed by atoms with Crippen molar-refractivity contribution in [2.24, 2.45) is 0 Å². The Bertz CT molecular complexity index is 854. The monoisotopic (exact) mass is 415 g/mol. The van der Waals surface area contributed by atoms with Gasteiger partial charge in [0, 0.05) is 16.6 Å². The van der Waals surface area contributed by atoms with Gasteiger partial charge >= 0.3 is 6.03 Å². The van der Waals surface area contributed by atoms with Crippen molar-refractivity contribution in [2.45, 2.75) is 19.4 Å². The minimum atomic E-state index is -0.646. The van der Waals surface area contributed by atoms with Crippen molar-refractivity contribution in [3.63, 3.8) is 0 Å². The fraction of sp³-hybridized carbons (Fsp3) is 0.211. The Labute approximate surface area is 159 Å². The van der Waals surface area contributed by atoms with E-state index in [2.05, 4.69) is 26.6 Å². The SMILES string of the molecule is Cc1cc(Br)ccc1NC(=O)CN1C(=O)N[C@H](Cc2ccccc2)C1=O. The normalized spacial score (nSPS) is 16.5. The molecular weight excluding hydrogens is 398 g/mol. The number of hydrogen-bond acceptors (Lipinski definition) is 3. The van der Waals surface area contributed by atoms with E-state index in [-0.39, 0.29) is 12.5 Å². The molecule has 4 amide bonds. The standard InChI is InChI=1S/C19H18BrN3O3/c1-12-9-14(20)7-8-15(12)21-17(24)11-23-18(25)16(22-19(23)26)10-13-5-3-2-4-6-13/h2-9,16H,10-11H2,1H3,(H,21,24)(H,22,26)/t16-/m1/s1. The van der Waals surface area contributed by atoms with Crippen LogP contribution in [-0.2, 0) is 16.0 Å². The van der Waals surface area contributed by atoms with Crippen molar-refractivity contribution < 1.29 is 14.4 Å². The van der Waals surface area contributed by atoms with Crippen LogP contribution in [0.4, 0.5) is 10.5 Å². The molecule has 134 valence electrons. The molecule has 0 spiro atoms. The quantitative estimate of drug-likeness (QED) is 0.736. The smallest absolute Gasteiger partial charge is 0.325 e. The lowest BCUT2D eigenvalue weighted by Gasteiger charge is -2.14. The van der Waals surface area contributed by atoms with Crippen LogP contribution in [-0.4, -0.2) is 35.3 Å². The second-order valence-corrected chi connectivity index (χ2v) is 7.04. The first-order chi connectivity index (χ1) is 12.4. The van der Waals surface area contributed by atoms with E-state index in [1.54, 1.807) is 6.07 Å². The minimum Gasteiger partial charge on any atom is -0.325 e. The molecule has 2 aromatic rings. The molecule has 0 aromatic heterocycles. The third-order valence-electron chi connectivity index (χ3n) is 4.15. The number of anilines is 1. The van der Waals surface area contributed by atoms with Gasteiger partial charge in [-0.3, -0.25) is 14.5 Å².